The quantitative estimate of drug-likeness (QED) is 0.384. The summed E-state index contributed by atoms with van der Waals surface area (Å²) in [6.07, 6.45) is 0. The normalized spacial score (nSPS) is 12.7. The Hall–Kier alpha value is -4.10. The Balaban J connectivity index is 1.33. The molecule has 35 heavy (non-hydrogen) atoms. The molecule has 7 heteroatoms. The maximum Gasteiger partial charge on any atom is 0.266 e. The van der Waals surface area contributed by atoms with Crippen LogP contribution in [0.4, 0.5) is 5.69 Å². The van der Waals surface area contributed by atoms with Crippen LogP contribution in [0.5, 0.6) is 0 Å². The summed E-state index contributed by atoms with van der Waals surface area (Å²) in [5.41, 5.74) is 6.26. The third-order valence-electron chi connectivity index (χ3n) is 6.32. The number of amides is 3. The average molecular weight is 482 g/mol. The van der Waals surface area contributed by atoms with Crippen LogP contribution in [-0.2, 0) is 6.54 Å². The standard InChI is InChI=1S/C28H23N3O3S/c1-16-8-6-10-24(18(16)3)31-27(33)22-12-11-19(13-23(22)28(31)34)25(32)29-14-20-15-35-26(30-20)21-9-5-4-7-17(21)2/h4-13,15H,14H2,1-3H3,(H,29,32). The number of aryl methyl sites for hydroxylation is 2. The number of benzene rings is 3. The van der Waals surface area contributed by atoms with Crippen LogP contribution < -0.4 is 10.2 Å². The first-order chi connectivity index (χ1) is 16.8. The van der Waals surface area contributed by atoms with E-state index in [9.17, 15) is 14.4 Å². The summed E-state index contributed by atoms with van der Waals surface area (Å²) in [4.78, 5) is 44.8. The highest BCUT2D eigenvalue weighted by Crippen LogP contribution is 2.32. The molecular formula is C28H23N3O3S. The Morgan fingerprint density at radius 3 is 2.43 bits per heavy atom. The zero-order chi connectivity index (χ0) is 24.7. The number of rotatable bonds is 5. The molecule has 1 N–H and O–H groups in total. The average Bonchev–Trinajstić information content (AvgIpc) is 3.42. The van der Waals surface area contributed by atoms with E-state index in [0.717, 1.165) is 33.0 Å². The lowest BCUT2D eigenvalue weighted by Gasteiger charge is -2.17. The van der Waals surface area contributed by atoms with Crippen molar-refractivity contribution in [2.75, 3.05) is 4.90 Å². The van der Waals surface area contributed by atoms with Crippen molar-refractivity contribution < 1.29 is 14.4 Å². The van der Waals surface area contributed by atoms with Gasteiger partial charge < -0.3 is 5.32 Å². The number of nitrogens with zero attached hydrogens (tertiary/aromatic N) is 2. The highest BCUT2D eigenvalue weighted by atomic mass is 32.1. The Bertz CT molecular complexity index is 1510. The molecule has 174 valence electrons. The molecule has 0 saturated carbocycles. The fourth-order valence-corrected chi connectivity index (χ4v) is 5.09. The number of hydrogen-bond acceptors (Lipinski definition) is 5. The summed E-state index contributed by atoms with van der Waals surface area (Å²) in [5, 5.41) is 5.70. The first-order valence-electron chi connectivity index (χ1n) is 11.2. The van der Waals surface area contributed by atoms with E-state index in [1.165, 1.54) is 22.3 Å². The highest BCUT2D eigenvalue weighted by Gasteiger charge is 2.37. The topological polar surface area (TPSA) is 79.4 Å². The summed E-state index contributed by atoms with van der Waals surface area (Å²) < 4.78 is 0. The maximum absolute atomic E-state index is 13.2. The zero-order valence-electron chi connectivity index (χ0n) is 19.6. The number of hydrogen-bond donors (Lipinski definition) is 1. The lowest BCUT2D eigenvalue weighted by molar-refractivity contribution is 0.0923. The Kier molecular flexibility index (Phi) is 5.78. The van der Waals surface area contributed by atoms with E-state index < -0.39 is 5.91 Å². The van der Waals surface area contributed by atoms with E-state index in [4.69, 9.17) is 0 Å². The highest BCUT2D eigenvalue weighted by molar-refractivity contribution is 7.13. The number of nitrogens with one attached hydrogen (secondary N) is 1. The van der Waals surface area contributed by atoms with Gasteiger partial charge in [0, 0.05) is 16.5 Å². The monoisotopic (exact) mass is 481 g/mol. The first-order valence-corrected chi connectivity index (χ1v) is 12.1. The molecule has 4 aromatic rings. The Morgan fingerprint density at radius 2 is 1.63 bits per heavy atom. The van der Waals surface area contributed by atoms with Crippen molar-refractivity contribution in [1.82, 2.24) is 10.3 Å². The van der Waals surface area contributed by atoms with Crippen LogP contribution >= 0.6 is 11.3 Å². The first kappa shape index (κ1) is 22.7. The van der Waals surface area contributed by atoms with Crippen molar-refractivity contribution in [2.24, 2.45) is 0 Å². The molecule has 3 aromatic carbocycles. The van der Waals surface area contributed by atoms with Crippen LogP contribution in [0, 0.1) is 20.8 Å². The van der Waals surface area contributed by atoms with Gasteiger partial charge in [0.1, 0.15) is 5.01 Å². The van der Waals surface area contributed by atoms with Crippen LogP contribution in [0.25, 0.3) is 10.6 Å². The van der Waals surface area contributed by atoms with Gasteiger partial charge >= 0.3 is 0 Å². The predicted molar refractivity (Wildman–Crippen MR) is 137 cm³/mol. The van der Waals surface area contributed by atoms with Gasteiger partial charge in [-0.15, -0.1) is 11.3 Å². The van der Waals surface area contributed by atoms with Gasteiger partial charge in [0.25, 0.3) is 17.7 Å². The van der Waals surface area contributed by atoms with Crippen molar-refractivity contribution in [3.8, 4) is 10.6 Å². The summed E-state index contributed by atoms with van der Waals surface area (Å²) in [6.45, 7) is 6.13. The van der Waals surface area contributed by atoms with Crippen molar-refractivity contribution in [1.29, 1.82) is 0 Å². The second kappa shape index (κ2) is 8.92. The minimum atomic E-state index is -0.421. The minimum Gasteiger partial charge on any atom is -0.346 e. The molecule has 0 unspecified atom stereocenters. The van der Waals surface area contributed by atoms with E-state index in [-0.39, 0.29) is 23.9 Å². The molecule has 3 amide bonds. The van der Waals surface area contributed by atoms with Crippen molar-refractivity contribution in [2.45, 2.75) is 27.3 Å². The van der Waals surface area contributed by atoms with Gasteiger partial charge in [-0.3, -0.25) is 14.4 Å². The van der Waals surface area contributed by atoms with Crippen LogP contribution in [-0.4, -0.2) is 22.7 Å². The number of thiazole rings is 1. The number of fused-ring (bicyclic) bond motifs is 1. The maximum atomic E-state index is 13.2. The number of carbonyl (C=O) groups is 3. The summed E-state index contributed by atoms with van der Waals surface area (Å²) in [6, 6.07) is 18.2. The molecule has 6 nitrogen and oxygen atoms in total. The third-order valence-corrected chi connectivity index (χ3v) is 7.25. The second-order valence-corrected chi connectivity index (χ2v) is 9.42. The largest absolute Gasteiger partial charge is 0.346 e. The minimum absolute atomic E-state index is 0.235. The van der Waals surface area contributed by atoms with E-state index >= 15 is 0 Å². The fourth-order valence-electron chi connectivity index (χ4n) is 4.18. The number of anilines is 1. The summed E-state index contributed by atoms with van der Waals surface area (Å²) >= 11 is 1.53. The molecular weight excluding hydrogens is 458 g/mol. The molecule has 1 aliphatic heterocycles. The number of aromatic nitrogens is 1. The SMILES string of the molecule is Cc1ccccc1-c1nc(CNC(=O)c2ccc3c(c2)C(=O)N(c2cccc(C)c2C)C3=O)cs1. The smallest absolute Gasteiger partial charge is 0.266 e. The van der Waals surface area contributed by atoms with Gasteiger partial charge in [0.05, 0.1) is 29.1 Å². The summed E-state index contributed by atoms with van der Waals surface area (Å²) in [7, 11) is 0. The van der Waals surface area contributed by atoms with Gasteiger partial charge in [-0.2, -0.15) is 0 Å². The van der Waals surface area contributed by atoms with E-state index in [1.807, 2.05) is 62.5 Å². The van der Waals surface area contributed by atoms with Crippen molar-refractivity contribution in [3.05, 3.63) is 105 Å². The van der Waals surface area contributed by atoms with Crippen LogP contribution in [0.3, 0.4) is 0 Å². The zero-order valence-corrected chi connectivity index (χ0v) is 20.4. The number of imide groups is 1. The molecule has 0 fully saturated rings. The van der Waals surface area contributed by atoms with E-state index in [0.29, 0.717) is 16.8 Å². The summed E-state index contributed by atoms with van der Waals surface area (Å²) in [5.74, 6) is -1.13. The molecule has 1 aromatic heterocycles. The van der Waals surface area contributed by atoms with Crippen molar-refractivity contribution in [3.63, 3.8) is 0 Å². The molecule has 0 bridgehead atoms. The molecule has 0 saturated heterocycles. The van der Waals surface area contributed by atoms with Crippen LogP contribution in [0.15, 0.2) is 66.0 Å². The van der Waals surface area contributed by atoms with Gasteiger partial charge in [-0.25, -0.2) is 9.88 Å². The fraction of sp³-hybridized carbons (Fsp3) is 0.143. The molecule has 0 atom stereocenters. The second-order valence-electron chi connectivity index (χ2n) is 8.57. The molecule has 5 rings (SSSR count). The number of carbonyl (C=O) groups excluding carboxylic acids is 3. The lowest BCUT2D eigenvalue weighted by Crippen LogP contribution is -2.30. The molecule has 0 aliphatic carbocycles. The van der Waals surface area contributed by atoms with Crippen LogP contribution in [0.1, 0.15) is 53.5 Å². The van der Waals surface area contributed by atoms with Gasteiger partial charge in [-0.1, -0.05) is 36.4 Å². The Morgan fingerprint density at radius 1 is 0.886 bits per heavy atom. The van der Waals surface area contributed by atoms with E-state index in [2.05, 4.69) is 10.3 Å². The lowest BCUT2D eigenvalue weighted by atomic mass is 10.1. The third kappa shape index (κ3) is 4.04. The Labute approximate surface area is 207 Å². The van der Waals surface area contributed by atoms with Crippen molar-refractivity contribution >= 4 is 34.7 Å². The molecule has 0 radical (unpaired) electrons. The van der Waals surface area contributed by atoms with Gasteiger partial charge in [-0.05, 0) is 61.7 Å². The van der Waals surface area contributed by atoms with Gasteiger partial charge in [0.15, 0.2) is 0 Å². The molecule has 1 aliphatic rings. The molecule has 0 spiro atoms. The van der Waals surface area contributed by atoms with Crippen LogP contribution in [0.2, 0.25) is 0 Å². The van der Waals surface area contributed by atoms with E-state index in [1.54, 1.807) is 18.2 Å². The van der Waals surface area contributed by atoms with Gasteiger partial charge in [0.2, 0.25) is 0 Å². The predicted octanol–water partition coefficient (Wildman–Crippen LogP) is 5.47. The molecule has 2 heterocycles.